The van der Waals surface area contributed by atoms with Gasteiger partial charge in [-0.2, -0.15) is 0 Å². The molecular formula is C6H16N2. The molecule has 0 radical (unpaired) electrons. The van der Waals surface area contributed by atoms with Gasteiger partial charge >= 0.3 is 0 Å². The second-order valence-electron chi connectivity index (χ2n) is 2.65. The Bertz CT molecular complexity index is 66.9. The normalized spacial score (nSPS) is 22.1. The van der Waals surface area contributed by atoms with Gasteiger partial charge in [0.1, 0.15) is 0 Å². The van der Waals surface area contributed by atoms with Crippen molar-refractivity contribution >= 4 is 0 Å². The maximum atomic E-state index is 5.73. The van der Waals surface area contributed by atoms with E-state index in [0.717, 1.165) is 6.42 Å². The molecule has 50 valence electrons. The monoisotopic (exact) mass is 116 g/mol. The van der Waals surface area contributed by atoms with E-state index in [1.807, 2.05) is 20.8 Å². The molecule has 0 aromatic heterocycles. The molecule has 0 unspecified atom stereocenters. The summed E-state index contributed by atoms with van der Waals surface area (Å²) in [5.74, 6) is 0. The lowest BCUT2D eigenvalue weighted by Crippen LogP contribution is -2.50. The van der Waals surface area contributed by atoms with Crippen LogP contribution in [0.4, 0.5) is 0 Å². The molecule has 0 aliphatic carbocycles. The molecule has 0 fully saturated rings. The molecule has 0 heterocycles. The van der Waals surface area contributed by atoms with Crippen molar-refractivity contribution < 1.29 is 0 Å². The summed E-state index contributed by atoms with van der Waals surface area (Å²) in [4.78, 5) is 0. The summed E-state index contributed by atoms with van der Waals surface area (Å²) in [6.07, 6.45) is 0.935. The second kappa shape index (κ2) is 2.46. The molecule has 0 saturated carbocycles. The fourth-order valence-electron chi connectivity index (χ4n) is 0.322. The molecule has 0 amide bonds. The highest BCUT2D eigenvalue weighted by atomic mass is 14.8. The fourth-order valence-corrected chi connectivity index (χ4v) is 0.322. The minimum absolute atomic E-state index is 0.0903. The first-order chi connectivity index (χ1) is 3.50. The Hall–Kier alpha value is -0.0800. The Kier molecular flexibility index (Phi) is 2.44. The molecule has 0 rings (SSSR count). The Morgan fingerprint density at radius 2 is 2.00 bits per heavy atom. The van der Waals surface area contributed by atoms with Gasteiger partial charge in [-0.3, -0.25) is 0 Å². The van der Waals surface area contributed by atoms with Gasteiger partial charge in [0.25, 0.3) is 0 Å². The predicted molar refractivity (Wildman–Crippen MR) is 36.5 cm³/mol. The first kappa shape index (κ1) is 7.92. The van der Waals surface area contributed by atoms with Crippen LogP contribution in [-0.2, 0) is 0 Å². The molecular weight excluding hydrogens is 100 g/mol. The quantitative estimate of drug-likeness (QED) is 0.550. The average molecular weight is 116 g/mol. The zero-order valence-corrected chi connectivity index (χ0v) is 5.94. The fraction of sp³-hybridized carbons (Fsp3) is 1.00. The summed E-state index contributed by atoms with van der Waals surface area (Å²) in [5.41, 5.74) is 11.1. The predicted octanol–water partition coefficient (Wildman–Crippen LogP) is 0.461. The third-order valence-electron chi connectivity index (χ3n) is 1.80. The summed E-state index contributed by atoms with van der Waals surface area (Å²) >= 11 is 0. The van der Waals surface area contributed by atoms with Crippen molar-refractivity contribution in [3.05, 3.63) is 0 Å². The number of hydrogen-bond donors (Lipinski definition) is 2. The van der Waals surface area contributed by atoms with Crippen LogP contribution in [0.15, 0.2) is 0 Å². The van der Waals surface area contributed by atoms with Crippen molar-refractivity contribution in [3.8, 4) is 0 Å². The van der Waals surface area contributed by atoms with Gasteiger partial charge < -0.3 is 11.5 Å². The summed E-state index contributed by atoms with van der Waals surface area (Å²) in [7, 11) is 0. The molecule has 0 aliphatic rings. The molecule has 0 aromatic carbocycles. The summed E-state index contributed by atoms with van der Waals surface area (Å²) in [6.45, 7) is 5.95. The molecule has 0 bridgehead atoms. The van der Waals surface area contributed by atoms with Crippen molar-refractivity contribution in [3.63, 3.8) is 0 Å². The van der Waals surface area contributed by atoms with Gasteiger partial charge in [-0.1, -0.05) is 6.92 Å². The van der Waals surface area contributed by atoms with Crippen LogP contribution >= 0.6 is 0 Å². The Morgan fingerprint density at radius 1 is 1.62 bits per heavy atom. The van der Waals surface area contributed by atoms with Gasteiger partial charge in [-0.15, -0.1) is 0 Å². The molecule has 2 atom stereocenters. The van der Waals surface area contributed by atoms with Crippen molar-refractivity contribution in [1.82, 2.24) is 0 Å². The molecule has 0 aliphatic heterocycles. The van der Waals surface area contributed by atoms with Crippen LogP contribution in [0.25, 0.3) is 0 Å². The van der Waals surface area contributed by atoms with Crippen LogP contribution in [-0.4, -0.2) is 11.6 Å². The van der Waals surface area contributed by atoms with Crippen LogP contribution in [0.3, 0.4) is 0 Å². The molecule has 2 heteroatoms. The van der Waals surface area contributed by atoms with Gasteiger partial charge in [0, 0.05) is 11.6 Å². The number of nitrogens with two attached hydrogens (primary N) is 2. The lowest BCUT2D eigenvalue weighted by atomic mass is 9.93. The Labute approximate surface area is 51.2 Å². The third-order valence-corrected chi connectivity index (χ3v) is 1.80. The smallest absolute Gasteiger partial charge is 0.0273 e. The first-order valence-electron chi connectivity index (χ1n) is 3.05. The standard InChI is InChI=1S/C6H16N2/c1-4-6(3,8)5(2)7/h5H,4,7-8H2,1-3H3/t5-,6+/m0/s1. The zero-order chi connectivity index (χ0) is 6.78. The Balaban J connectivity index is 3.71. The lowest BCUT2D eigenvalue weighted by Gasteiger charge is -2.26. The van der Waals surface area contributed by atoms with Crippen molar-refractivity contribution in [2.24, 2.45) is 11.5 Å². The van der Waals surface area contributed by atoms with Crippen molar-refractivity contribution in [2.75, 3.05) is 0 Å². The minimum Gasteiger partial charge on any atom is -0.326 e. The minimum atomic E-state index is -0.181. The maximum absolute atomic E-state index is 5.73. The summed E-state index contributed by atoms with van der Waals surface area (Å²) in [5, 5.41) is 0. The molecule has 2 nitrogen and oxygen atoms in total. The summed E-state index contributed by atoms with van der Waals surface area (Å²) < 4.78 is 0. The number of rotatable bonds is 2. The molecule has 8 heavy (non-hydrogen) atoms. The van der Waals surface area contributed by atoms with E-state index in [-0.39, 0.29) is 11.6 Å². The molecule has 4 N–H and O–H groups in total. The molecule has 0 aromatic rings. The highest BCUT2D eigenvalue weighted by Crippen LogP contribution is 2.06. The molecule has 0 saturated heterocycles. The van der Waals surface area contributed by atoms with Crippen LogP contribution < -0.4 is 11.5 Å². The zero-order valence-electron chi connectivity index (χ0n) is 5.94. The van der Waals surface area contributed by atoms with Gasteiger partial charge in [0.15, 0.2) is 0 Å². The van der Waals surface area contributed by atoms with Crippen LogP contribution in [0.5, 0.6) is 0 Å². The van der Waals surface area contributed by atoms with Gasteiger partial charge in [-0.25, -0.2) is 0 Å². The van der Waals surface area contributed by atoms with E-state index in [4.69, 9.17) is 11.5 Å². The highest BCUT2D eigenvalue weighted by Gasteiger charge is 2.19. The van der Waals surface area contributed by atoms with Crippen LogP contribution in [0, 0.1) is 0 Å². The van der Waals surface area contributed by atoms with E-state index in [9.17, 15) is 0 Å². The van der Waals surface area contributed by atoms with E-state index in [1.165, 1.54) is 0 Å². The second-order valence-corrected chi connectivity index (χ2v) is 2.65. The number of hydrogen-bond acceptors (Lipinski definition) is 2. The van der Waals surface area contributed by atoms with Gasteiger partial charge in [-0.05, 0) is 20.3 Å². The summed E-state index contributed by atoms with van der Waals surface area (Å²) in [6, 6.07) is 0.0903. The van der Waals surface area contributed by atoms with Crippen molar-refractivity contribution in [2.45, 2.75) is 38.8 Å². The maximum Gasteiger partial charge on any atom is 0.0273 e. The third kappa shape index (κ3) is 1.80. The first-order valence-corrected chi connectivity index (χ1v) is 3.05. The topological polar surface area (TPSA) is 52.0 Å². The van der Waals surface area contributed by atoms with E-state index >= 15 is 0 Å². The SMILES string of the molecule is CC[C@@](C)(N)[C@H](C)N. The highest BCUT2D eigenvalue weighted by molar-refractivity contribution is 4.84. The Morgan fingerprint density at radius 3 is 2.00 bits per heavy atom. The van der Waals surface area contributed by atoms with Gasteiger partial charge in [0.2, 0.25) is 0 Å². The lowest BCUT2D eigenvalue weighted by molar-refractivity contribution is 0.382. The molecule has 0 spiro atoms. The van der Waals surface area contributed by atoms with E-state index in [0.29, 0.717) is 0 Å². The van der Waals surface area contributed by atoms with Crippen molar-refractivity contribution in [1.29, 1.82) is 0 Å². The largest absolute Gasteiger partial charge is 0.326 e. The van der Waals surface area contributed by atoms with Gasteiger partial charge in [0.05, 0.1) is 0 Å². The van der Waals surface area contributed by atoms with E-state index < -0.39 is 0 Å². The van der Waals surface area contributed by atoms with E-state index in [1.54, 1.807) is 0 Å². The van der Waals surface area contributed by atoms with Crippen LogP contribution in [0.2, 0.25) is 0 Å². The van der Waals surface area contributed by atoms with Crippen LogP contribution in [0.1, 0.15) is 27.2 Å². The van der Waals surface area contributed by atoms with E-state index in [2.05, 4.69) is 0 Å². The average Bonchev–Trinajstić information content (AvgIpc) is 1.67.